The second kappa shape index (κ2) is 6.63. The molecule has 1 N–H and O–H groups in total. The van der Waals surface area contributed by atoms with Gasteiger partial charge in [-0.1, -0.05) is 12.1 Å². The molecule has 2 heterocycles. The van der Waals surface area contributed by atoms with Crippen LogP contribution in [0, 0.1) is 10.1 Å². The fourth-order valence-electron chi connectivity index (χ4n) is 2.02. The van der Waals surface area contributed by atoms with Gasteiger partial charge in [-0.05, 0) is 40.2 Å². The van der Waals surface area contributed by atoms with E-state index in [-0.39, 0.29) is 11.4 Å². The summed E-state index contributed by atoms with van der Waals surface area (Å²) in [7, 11) is 0. The molecule has 0 aliphatic heterocycles. The highest BCUT2D eigenvalue weighted by atomic mass is 79.9. The zero-order chi connectivity index (χ0) is 17.1. The van der Waals surface area contributed by atoms with E-state index in [2.05, 4.69) is 26.2 Å². The first kappa shape index (κ1) is 15.9. The standard InChI is InChI=1S/C16H10BrN3O4/c17-11-4-7-15(18-9-11)19-16(21)14-6-5-13(24-14)10-2-1-3-12(8-10)20(22)23/h1-9H,(H,18,19,21). The first-order valence-electron chi connectivity index (χ1n) is 6.80. The van der Waals surface area contributed by atoms with Gasteiger partial charge in [-0.25, -0.2) is 4.98 Å². The number of carbonyl (C=O) groups is 1. The highest BCUT2D eigenvalue weighted by Crippen LogP contribution is 2.26. The van der Waals surface area contributed by atoms with E-state index in [0.717, 1.165) is 4.47 Å². The number of nitro groups is 1. The molecule has 0 radical (unpaired) electrons. The predicted molar refractivity (Wildman–Crippen MR) is 90.7 cm³/mol. The van der Waals surface area contributed by atoms with E-state index in [4.69, 9.17) is 4.42 Å². The summed E-state index contributed by atoms with van der Waals surface area (Å²) in [5.41, 5.74) is 0.471. The average molecular weight is 388 g/mol. The van der Waals surface area contributed by atoms with Crippen LogP contribution in [0.3, 0.4) is 0 Å². The lowest BCUT2D eigenvalue weighted by atomic mass is 10.1. The minimum Gasteiger partial charge on any atom is -0.451 e. The Morgan fingerprint density at radius 2 is 2.04 bits per heavy atom. The summed E-state index contributed by atoms with van der Waals surface area (Å²) in [6, 6.07) is 12.5. The van der Waals surface area contributed by atoms with E-state index < -0.39 is 10.8 Å². The number of non-ortho nitro benzene ring substituents is 1. The maximum absolute atomic E-state index is 12.2. The highest BCUT2D eigenvalue weighted by Gasteiger charge is 2.14. The summed E-state index contributed by atoms with van der Waals surface area (Å²) in [6.45, 7) is 0. The van der Waals surface area contributed by atoms with Crippen LogP contribution in [0.2, 0.25) is 0 Å². The molecular formula is C16H10BrN3O4. The summed E-state index contributed by atoms with van der Waals surface area (Å²) in [4.78, 5) is 26.5. The highest BCUT2D eigenvalue weighted by molar-refractivity contribution is 9.10. The molecule has 1 amide bonds. The van der Waals surface area contributed by atoms with E-state index in [1.807, 2.05) is 0 Å². The monoisotopic (exact) mass is 387 g/mol. The van der Waals surface area contributed by atoms with Crippen molar-refractivity contribution in [2.45, 2.75) is 0 Å². The third-order valence-corrected chi connectivity index (χ3v) is 3.61. The molecule has 3 rings (SSSR count). The van der Waals surface area contributed by atoms with Gasteiger partial charge in [0.1, 0.15) is 11.6 Å². The van der Waals surface area contributed by atoms with Crippen LogP contribution in [0.5, 0.6) is 0 Å². The molecule has 7 nitrogen and oxygen atoms in total. The van der Waals surface area contributed by atoms with Gasteiger partial charge in [0.15, 0.2) is 5.76 Å². The van der Waals surface area contributed by atoms with Crippen molar-refractivity contribution in [1.82, 2.24) is 4.98 Å². The molecule has 3 aromatic rings. The zero-order valence-electron chi connectivity index (χ0n) is 12.1. The number of furan rings is 1. The topological polar surface area (TPSA) is 98.3 Å². The van der Waals surface area contributed by atoms with Crippen molar-refractivity contribution < 1.29 is 14.1 Å². The number of hydrogen-bond donors (Lipinski definition) is 1. The number of amides is 1. The normalized spacial score (nSPS) is 10.4. The van der Waals surface area contributed by atoms with Gasteiger partial charge in [0.2, 0.25) is 0 Å². The first-order valence-corrected chi connectivity index (χ1v) is 7.60. The van der Waals surface area contributed by atoms with Crippen LogP contribution in [0.15, 0.2) is 63.6 Å². The van der Waals surface area contributed by atoms with E-state index in [0.29, 0.717) is 17.1 Å². The minimum absolute atomic E-state index is 0.0473. The largest absolute Gasteiger partial charge is 0.451 e. The number of anilines is 1. The molecule has 0 fully saturated rings. The Bertz CT molecular complexity index is 906. The van der Waals surface area contributed by atoms with E-state index in [1.165, 1.54) is 18.2 Å². The number of hydrogen-bond acceptors (Lipinski definition) is 5. The fraction of sp³-hybridized carbons (Fsp3) is 0. The van der Waals surface area contributed by atoms with Gasteiger partial charge in [-0.2, -0.15) is 0 Å². The van der Waals surface area contributed by atoms with Crippen LogP contribution >= 0.6 is 15.9 Å². The maximum atomic E-state index is 12.2. The summed E-state index contributed by atoms with van der Waals surface area (Å²) in [6.07, 6.45) is 1.56. The van der Waals surface area contributed by atoms with Gasteiger partial charge in [-0.3, -0.25) is 14.9 Å². The molecule has 0 saturated carbocycles. The lowest BCUT2D eigenvalue weighted by Gasteiger charge is -2.02. The predicted octanol–water partition coefficient (Wildman–Crippen LogP) is 4.26. The number of nitrogens with one attached hydrogen (secondary N) is 1. The van der Waals surface area contributed by atoms with Crippen LogP contribution in [0.25, 0.3) is 11.3 Å². The van der Waals surface area contributed by atoms with Gasteiger partial charge in [0.25, 0.3) is 11.6 Å². The number of carbonyl (C=O) groups excluding carboxylic acids is 1. The SMILES string of the molecule is O=C(Nc1ccc(Br)cn1)c1ccc(-c2cccc([N+](=O)[O-])c2)o1. The summed E-state index contributed by atoms with van der Waals surface area (Å²) in [5.74, 6) is 0.381. The van der Waals surface area contributed by atoms with E-state index in [9.17, 15) is 14.9 Å². The Balaban J connectivity index is 1.80. The third-order valence-electron chi connectivity index (χ3n) is 3.14. The lowest BCUT2D eigenvalue weighted by Crippen LogP contribution is -2.11. The van der Waals surface area contributed by atoms with Crippen molar-refractivity contribution in [3.63, 3.8) is 0 Å². The number of aromatic nitrogens is 1. The molecule has 0 unspecified atom stereocenters. The Morgan fingerprint density at radius 3 is 2.75 bits per heavy atom. The summed E-state index contributed by atoms with van der Waals surface area (Å²) < 4.78 is 6.29. The molecule has 8 heteroatoms. The molecule has 24 heavy (non-hydrogen) atoms. The Kier molecular flexibility index (Phi) is 4.39. The van der Waals surface area contributed by atoms with Crippen molar-refractivity contribution in [1.29, 1.82) is 0 Å². The van der Waals surface area contributed by atoms with Crippen LogP contribution in [-0.2, 0) is 0 Å². The number of benzene rings is 1. The second-order valence-electron chi connectivity index (χ2n) is 4.79. The van der Waals surface area contributed by atoms with Crippen LogP contribution < -0.4 is 5.32 Å². The quantitative estimate of drug-likeness (QED) is 0.532. The molecule has 120 valence electrons. The van der Waals surface area contributed by atoms with Crippen molar-refractivity contribution >= 4 is 33.3 Å². The smallest absolute Gasteiger partial charge is 0.292 e. The number of halogens is 1. The van der Waals surface area contributed by atoms with Crippen LogP contribution in [0.1, 0.15) is 10.6 Å². The molecule has 0 aliphatic carbocycles. The Morgan fingerprint density at radius 1 is 1.21 bits per heavy atom. The number of nitrogens with zero attached hydrogens (tertiary/aromatic N) is 2. The van der Waals surface area contributed by atoms with Gasteiger partial charge < -0.3 is 9.73 Å². The molecule has 2 aromatic heterocycles. The van der Waals surface area contributed by atoms with Crippen LogP contribution in [-0.4, -0.2) is 15.8 Å². The van der Waals surface area contributed by atoms with Gasteiger partial charge in [0.05, 0.1) is 4.92 Å². The van der Waals surface area contributed by atoms with Crippen molar-refractivity contribution in [3.8, 4) is 11.3 Å². The Hall–Kier alpha value is -3.00. The number of pyridine rings is 1. The molecule has 0 atom stereocenters. The second-order valence-corrected chi connectivity index (χ2v) is 5.70. The molecule has 1 aromatic carbocycles. The molecule has 0 aliphatic rings. The first-order chi connectivity index (χ1) is 11.5. The molecular weight excluding hydrogens is 378 g/mol. The van der Waals surface area contributed by atoms with Crippen molar-refractivity contribution in [3.05, 3.63) is 75.1 Å². The zero-order valence-corrected chi connectivity index (χ0v) is 13.7. The minimum atomic E-state index is -0.487. The van der Waals surface area contributed by atoms with Crippen LogP contribution in [0.4, 0.5) is 11.5 Å². The maximum Gasteiger partial charge on any atom is 0.292 e. The lowest BCUT2D eigenvalue weighted by molar-refractivity contribution is -0.384. The fourth-order valence-corrected chi connectivity index (χ4v) is 2.25. The van der Waals surface area contributed by atoms with Gasteiger partial charge in [-0.15, -0.1) is 0 Å². The number of rotatable bonds is 4. The Labute approximate surface area is 144 Å². The average Bonchev–Trinajstić information content (AvgIpc) is 3.07. The summed E-state index contributed by atoms with van der Waals surface area (Å²) >= 11 is 3.26. The molecule has 0 spiro atoms. The third kappa shape index (κ3) is 3.49. The van der Waals surface area contributed by atoms with E-state index in [1.54, 1.807) is 36.5 Å². The van der Waals surface area contributed by atoms with Crippen molar-refractivity contribution in [2.24, 2.45) is 0 Å². The molecule has 0 bridgehead atoms. The van der Waals surface area contributed by atoms with Crippen molar-refractivity contribution in [2.75, 3.05) is 5.32 Å². The van der Waals surface area contributed by atoms with E-state index >= 15 is 0 Å². The molecule has 0 saturated heterocycles. The number of nitro benzene ring substituents is 1. The van der Waals surface area contributed by atoms with Gasteiger partial charge in [0, 0.05) is 28.4 Å². The summed E-state index contributed by atoms with van der Waals surface area (Å²) in [5, 5.41) is 13.4. The van der Waals surface area contributed by atoms with Gasteiger partial charge >= 0.3 is 0 Å².